The van der Waals surface area contributed by atoms with Gasteiger partial charge in [0.25, 0.3) is 5.91 Å². The number of hydrogen-bond donors (Lipinski definition) is 1. The molecule has 0 unspecified atom stereocenters. The maximum atomic E-state index is 12.4. The molecule has 1 aliphatic carbocycles. The highest BCUT2D eigenvalue weighted by molar-refractivity contribution is 7.17. The number of nitrogens with zero attached hydrogens (tertiary/aromatic N) is 1. The van der Waals surface area contributed by atoms with Gasteiger partial charge in [0.1, 0.15) is 15.6 Å². The Hall–Kier alpha value is -2.41. The lowest BCUT2D eigenvalue weighted by molar-refractivity contribution is -0.129. The Kier molecular flexibility index (Phi) is 5.03. The van der Waals surface area contributed by atoms with Crippen molar-refractivity contribution in [2.24, 2.45) is 0 Å². The van der Waals surface area contributed by atoms with E-state index in [1.807, 2.05) is 24.3 Å². The van der Waals surface area contributed by atoms with Gasteiger partial charge >= 0.3 is 5.97 Å². The number of hydrogen-bond acceptors (Lipinski definition) is 6. The summed E-state index contributed by atoms with van der Waals surface area (Å²) in [6.45, 7) is 3.34. The van der Waals surface area contributed by atoms with E-state index in [-0.39, 0.29) is 11.9 Å². The minimum atomic E-state index is -0.820. The Morgan fingerprint density at radius 3 is 2.56 bits per heavy atom. The van der Waals surface area contributed by atoms with Gasteiger partial charge in [-0.2, -0.15) is 0 Å². The Morgan fingerprint density at radius 2 is 1.96 bits per heavy atom. The number of carbonyl (C=O) groups excluding carboxylic acids is 2. The number of benzene rings is 1. The zero-order valence-corrected chi connectivity index (χ0v) is 15.2. The second-order valence-corrected chi connectivity index (χ2v) is 6.99. The summed E-state index contributed by atoms with van der Waals surface area (Å²) in [6, 6.07) is 7.69. The van der Waals surface area contributed by atoms with Crippen LogP contribution in [-0.2, 0) is 9.53 Å². The van der Waals surface area contributed by atoms with Gasteiger partial charge in [-0.3, -0.25) is 4.79 Å². The topological polar surface area (TPSA) is 77.5 Å². The van der Waals surface area contributed by atoms with Crippen LogP contribution in [0, 0.1) is 6.92 Å². The lowest BCUT2D eigenvalue weighted by Crippen LogP contribution is -2.37. The third kappa shape index (κ3) is 4.17. The summed E-state index contributed by atoms with van der Waals surface area (Å²) in [5, 5.41) is 3.55. The largest absolute Gasteiger partial charge is 0.497 e. The van der Waals surface area contributed by atoms with Gasteiger partial charge in [0, 0.05) is 11.6 Å². The zero-order chi connectivity index (χ0) is 18.0. The average Bonchev–Trinajstić information content (AvgIpc) is 3.33. The number of carbonyl (C=O) groups is 2. The van der Waals surface area contributed by atoms with Crippen LogP contribution in [0.15, 0.2) is 24.3 Å². The van der Waals surface area contributed by atoms with Crippen LogP contribution in [0.1, 0.15) is 35.1 Å². The highest BCUT2D eigenvalue weighted by Crippen LogP contribution is 2.30. The zero-order valence-electron chi connectivity index (χ0n) is 14.4. The lowest BCUT2D eigenvalue weighted by Gasteiger charge is -2.12. The Balaban J connectivity index is 1.70. The van der Waals surface area contributed by atoms with Gasteiger partial charge in [-0.1, -0.05) is 0 Å². The first-order valence-corrected chi connectivity index (χ1v) is 8.92. The predicted octanol–water partition coefficient (Wildman–Crippen LogP) is 2.95. The molecule has 3 rings (SSSR count). The molecule has 0 saturated heterocycles. The maximum Gasteiger partial charge on any atom is 0.351 e. The fourth-order valence-corrected chi connectivity index (χ4v) is 3.21. The van der Waals surface area contributed by atoms with Crippen LogP contribution in [0.2, 0.25) is 0 Å². The molecule has 0 aliphatic heterocycles. The van der Waals surface area contributed by atoms with E-state index in [0.29, 0.717) is 10.6 Å². The SMILES string of the molecule is COc1ccc(-c2nc(C)c(C(=O)O[C@@H](C)C(=O)NC3CC3)s2)cc1. The normalized spacial score (nSPS) is 14.7. The van der Waals surface area contributed by atoms with Crippen molar-refractivity contribution >= 4 is 23.2 Å². The van der Waals surface area contributed by atoms with Crippen LogP contribution in [0.25, 0.3) is 10.6 Å². The first-order valence-electron chi connectivity index (χ1n) is 8.11. The summed E-state index contributed by atoms with van der Waals surface area (Å²) < 4.78 is 10.4. The first kappa shape index (κ1) is 17.4. The molecule has 1 heterocycles. The second-order valence-electron chi connectivity index (χ2n) is 5.99. The van der Waals surface area contributed by atoms with Crippen molar-refractivity contribution in [3.63, 3.8) is 0 Å². The van der Waals surface area contributed by atoms with Crippen LogP contribution in [0.3, 0.4) is 0 Å². The number of esters is 1. The molecule has 1 amide bonds. The number of nitrogens with one attached hydrogen (secondary N) is 1. The summed E-state index contributed by atoms with van der Waals surface area (Å²) in [5.41, 5.74) is 1.49. The molecule has 1 saturated carbocycles. The van der Waals surface area contributed by atoms with E-state index in [9.17, 15) is 9.59 Å². The second kappa shape index (κ2) is 7.23. The molecule has 1 fully saturated rings. The predicted molar refractivity (Wildman–Crippen MR) is 94.9 cm³/mol. The fourth-order valence-electron chi connectivity index (χ4n) is 2.26. The number of methoxy groups -OCH3 is 1. The standard InChI is InChI=1S/C18H20N2O4S/c1-10-15(18(22)24-11(2)16(21)20-13-6-7-13)25-17(19-10)12-4-8-14(23-3)9-5-12/h4-5,8-9,11,13H,6-7H2,1-3H3,(H,20,21)/t11-/m0/s1. The minimum absolute atomic E-state index is 0.237. The number of thiazole rings is 1. The molecule has 0 bridgehead atoms. The molecule has 1 aliphatic rings. The van der Waals surface area contributed by atoms with Crippen LogP contribution in [0.5, 0.6) is 5.75 Å². The van der Waals surface area contributed by atoms with Gasteiger partial charge in [0.15, 0.2) is 6.10 Å². The molecule has 1 atom stereocenters. The van der Waals surface area contributed by atoms with Crippen LogP contribution in [0.4, 0.5) is 0 Å². The molecule has 0 radical (unpaired) electrons. The molecule has 1 aromatic carbocycles. The molecular formula is C18H20N2O4S. The summed E-state index contributed by atoms with van der Waals surface area (Å²) in [7, 11) is 1.61. The first-order chi connectivity index (χ1) is 12.0. The highest BCUT2D eigenvalue weighted by Gasteiger charge is 2.28. The minimum Gasteiger partial charge on any atom is -0.497 e. The lowest BCUT2D eigenvalue weighted by atomic mass is 10.2. The van der Waals surface area contributed by atoms with Crippen molar-refractivity contribution < 1.29 is 19.1 Å². The van der Waals surface area contributed by atoms with Crippen molar-refractivity contribution in [2.75, 3.05) is 7.11 Å². The van der Waals surface area contributed by atoms with Crippen LogP contribution >= 0.6 is 11.3 Å². The number of rotatable bonds is 6. The van der Waals surface area contributed by atoms with E-state index in [2.05, 4.69) is 10.3 Å². The number of aromatic nitrogens is 1. The molecule has 1 aromatic heterocycles. The van der Waals surface area contributed by atoms with Crippen molar-refractivity contribution in [2.45, 2.75) is 38.8 Å². The number of ether oxygens (including phenoxy) is 2. The van der Waals surface area contributed by atoms with E-state index in [1.54, 1.807) is 21.0 Å². The summed E-state index contributed by atoms with van der Waals surface area (Å²) in [4.78, 5) is 29.2. The smallest absolute Gasteiger partial charge is 0.351 e. The van der Waals surface area contributed by atoms with E-state index in [1.165, 1.54) is 11.3 Å². The quantitative estimate of drug-likeness (QED) is 0.802. The van der Waals surface area contributed by atoms with Gasteiger partial charge in [-0.15, -0.1) is 11.3 Å². The Bertz CT molecular complexity index is 781. The number of amides is 1. The molecule has 2 aromatic rings. The van der Waals surface area contributed by atoms with Gasteiger partial charge < -0.3 is 14.8 Å². The van der Waals surface area contributed by atoms with Gasteiger partial charge in [0.2, 0.25) is 0 Å². The van der Waals surface area contributed by atoms with Gasteiger partial charge in [-0.25, -0.2) is 9.78 Å². The highest BCUT2D eigenvalue weighted by atomic mass is 32.1. The van der Waals surface area contributed by atoms with Crippen LogP contribution in [-0.4, -0.2) is 36.1 Å². The Morgan fingerprint density at radius 1 is 1.28 bits per heavy atom. The van der Waals surface area contributed by atoms with Crippen LogP contribution < -0.4 is 10.1 Å². The average molecular weight is 360 g/mol. The molecule has 25 heavy (non-hydrogen) atoms. The van der Waals surface area contributed by atoms with Gasteiger partial charge in [-0.05, 0) is 51.0 Å². The summed E-state index contributed by atoms with van der Waals surface area (Å²) in [6.07, 6.45) is 1.16. The van der Waals surface area contributed by atoms with Crippen molar-refractivity contribution in [1.29, 1.82) is 0 Å². The van der Waals surface area contributed by atoms with E-state index in [0.717, 1.165) is 29.2 Å². The molecule has 6 nitrogen and oxygen atoms in total. The third-order valence-electron chi connectivity index (χ3n) is 3.90. The third-order valence-corrected chi connectivity index (χ3v) is 5.08. The molecular weight excluding hydrogens is 340 g/mol. The maximum absolute atomic E-state index is 12.4. The summed E-state index contributed by atoms with van der Waals surface area (Å²) in [5.74, 6) is -0.0197. The van der Waals surface area contributed by atoms with Crippen molar-refractivity contribution in [3.8, 4) is 16.3 Å². The molecule has 132 valence electrons. The monoisotopic (exact) mass is 360 g/mol. The molecule has 1 N–H and O–H groups in total. The molecule has 7 heteroatoms. The fraction of sp³-hybridized carbons (Fsp3) is 0.389. The van der Waals surface area contributed by atoms with E-state index in [4.69, 9.17) is 9.47 Å². The molecule has 0 spiro atoms. The van der Waals surface area contributed by atoms with E-state index < -0.39 is 12.1 Å². The number of aryl methyl sites for hydroxylation is 1. The summed E-state index contributed by atoms with van der Waals surface area (Å²) >= 11 is 1.26. The van der Waals surface area contributed by atoms with Gasteiger partial charge in [0.05, 0.1) is 12.8 Å². The van der Waals surface area contributed by atoms with Crippen molar-refractivity contribution in [3.05, 3.63) is 34.8 Å². The Labute approximate surface area is 150 Å². The van der Waals surface area contributed by atoms with Crippen molar-refractivity contribution in [1.82, 2.24) is 10.3 Å². The van der Waals surface area contributed by atoms with E-state index >= 15 is 0 Å².